The van der Waals surface area contributed by atoms with E-state index >= 15 is 0 Å². The fraction of sp³-hybridized carbons (Fsp3) is 0.944. The average molecular weight is 299 g/mol. The SMILES string of the molecule is CNC(=O)CCCCCCCCCCCCCCCCO. The van der Waals surface area contributed by atoms with Crippen molar-refractivity contribution in [3.63, 3.8) is 0 Å². The van der Waals surface area contributed by atoms with Crippen LogP contribution in [0.2, 0.25) is 0 Å². The molecule has 0 rings (SSSR count). The van der Waals surface area contributed by atoms with Gasteiger partial charge in [-0.25, -0.2) is 0 Å². The summed E-state index contributed by atoms with van der Waals surface area (Å²) in [5.41, 5.74) is 0. The largest absolute Gasteiger partial charge is 0.396 e. The number of amides is 1. The second-order valence-electron chi connectivity index (χ2n) is 6.10. The van der Waals surface area contributed by atoms with Crippen LogP contribution >= 0.6 is 0 Å². The molecule has 3 nitrogen and oxygen atoms in total. The minimum atomic E-state index is 0.173. The Hall–Kier alpha value is -0.570. The van der Waals surface area contributed by atoms with Gasteiger partial charge in [0.15, 0.2) is 0 Å². The zero-order valence-corrected chi connectivity index (χ0v) is 14.2. The van der Waals surface area contributed by atoms with Crippen molar-refractivity contribution < 1.29 is 9.90 Å². The van der Waals surface area contributed by atoms with Gasteiger partial charge in [-0.05, 0) is 12.8 Å². The number of nitrogens with one attached hydrogen (secondary N) is 1. The number of aliphatic hydroxyl groups is 1. The van der Waals surface area contributed by atoms with Crippen LogP contribution in [-0.4, -0.2) is 24.7 Å². The molecule has 0 heterocycles. The van der Waals surface area contributed by atoms with E-state index in [1.54, 1.807) is 7.05 Å². The molecule has 0 aliphatic heterocycles. The molecule has 0 aromatic rings. The third-order valence-corrected chi connectivity index (χ3v) is 4.09. The second kappa shape index (κ2) is 17.5. The molecule has 0 radical (unpaired) electrons. The van der Waals surface area contributed by atoms with E-state index in [1.165, 1.54) is 77.0 Å². The average Bonchev–Trinajstić information content (AvgIpc) is 2.50. The molecule has 1 amide bonds. The zero-order chi connectivity index (χ0) is 15.6. The Kier molecular flexibility index (Phi) is 17.0. The lowest BCUT2D eigenvalue weighted by atomic mass is 10.0. The highest BCUT2D eigenvalue weighted by Crippen LogP contribution is 2.13. The van der Waals surface area contributed by atoms with Crippen molar-refractivity contribution in [3.05, 3.63) is 0 Å². The van der Waals surface area contributed by atoms with Crippen LogP contribution in [0.4, 0.5) is 0 Å². The molecule has 0 fully saturated rings. The fourth-order valence-electron chi connectivity index (χ4n) is 2.64. The lowest BCUT2D eigenvalue weighted by molar-refractivity contribution is -0.120. The van der Waals surface area contributed by atoms with Gasteiger partial charge in [-0.1, -0.05) is 77.0 Å². The molecule has 2 N–H and O–H groups in total. The molecule has 0 saturated heterocycles. The summed E-state index contributed by atoms with van der Waals surface area (Å²) < 4.78 is 0. The highest BCUT2D eigenvalue weighted by atomic mass is 16.2. The Morgan fingerprint density at radius 1 is 0.667 bits per heavy atom. The maximum atomic E-state index is 11.0. The molecule has 0 aromatic heterocycles. The molecule has 0 bridgehead atoms. The summed E-state index contributed by atoms with van der Waals surface area (Å²) in [6, 6.07) is 0. The third-order valence-electron chi connectivity index (χ3n) is 4.09. The summed E-state index contributed by atoms with van der Waals surface area (Å²) in [5.74, 6) is 0.173. The van der Waals surface area contributed by atoms with Gasteiger partial charge in [0, 0.05) is 20.1 Å². The van der Waals surface area contributed by atoms with Crippen LogP contribution in [0.5, 0.6) is 0 Å². The van der Waals surface area contributed by atoms with Crippen molar-refractivity contribution in [2.45, 2.75) is 96.3 Å². The minimum absolute atomic E-state index is 0.173. The lowest BCUT2D eigenvalue weighted by Gasteiger charge is -2.03. The van der Waals surface area contributed by atoms with Gasteiger partial charge < -0.3 is 10.4 Å². The fourth-order valence-corrected chi connectivity index (χ4v) is 2.64. The summed E-state index contributed by atoms with van der Waals surface area (Å²) in [6.45, 7) is 0.353. The smallest absolute Gasteiger partial charge is 0.219 e. The van der Waals surface area contributed by atoms with E-state index in [-0.39, 0.29) is 5.91 Å². The van der Waals surface area contributed by atoms with E-state index in [0.717, 1.165) is 12.8 Å². The number of hydrogen-bond acceptors (Lipinski definition) is 2. The number of hydrogen-bond donors (Lipinski definition) is 2. The van der Waals surface area contributed by atoms with Gasteiger partial charge >= 0.3 is 0 Å². The Morgan fingerprint density at radius 2 is 1.00 bits per heavy atom. The van der Waals surface area contributed by atoms with Crippen molar-refractivity contribution >= 4 is 5.91 Å². The molecule has 0 aliphatic carbocycles. The first kappa shape index (κ1) is 20.4. The quantitative estimate of drug-likeness (QED) is 0.410. The standard InChI is InChI=1S/C18H37NO2/c1-19-18(21)16-14-12-10-8-6-4-2-3-5-7-9-11-13-15-17-20/h20H,2-17H2,1H3,(H,19,21). The topological polar surface area (TPSA) is 49.3 Å². The zero-order valence-electron chi connectivity index (χ0n) is 14.2. The number of rotatable bonds is 16. The van der Waals surface area contributed by atoms with E-state index in [0.29, 0.717) is 13.0 Å². The second-order valence-corrected chi connectivity index (χ2v) is 6.10. The van der Waals surface area contributed by atoms with Gasteiger partial charge in [0.2, 0.25) is 5.91 Å². The number of carbonyl (C=O) groups excluding carboxylic acids is 1. The van der Waals surface area contributed by atoms with Crippen LogP contribution in [0.1, 0.15) is 96.3 Å². The van der Waals surface area contributed by atoms with Crippen LogP contribution in [0, 0.1) is 0 Å². The summed E-state index contributed by atoms with van der Waals surface area (Å²) in [5, 5.41) is 11.3. The van der Waals surface area contributed by atoms with Gasteiger partial charge in [-0.3, -0.25) is 4.79 Å². The van der Waals surface area contributed by atoms with Crippen molar-refractivity contribution in [1.82, 2.24) is 5.32 Å². The molecule has 0 spiro atoms. The Balaban J connectivity index is 2.98. The summed E-state index contributed by atoms with van der Waals surface area (Å²) in [4.78, 5) is 11.0. The Bertz CT molecular complexity index is 219. The van der Waals surface area contributed by atoms with Crippen molar-refractivity contribution in [2.24, 2.45) is 0 Å². The molecule has 3 heteroatoms. The van der Waals surface area contributed by atoms with Crippen LogP contribution in [0.25, 0.3) is 0 Å². The normalized spacial score (nSPS) is 10.8. The van der Waals surface area contributed by atoms with Crippen molar-refractivity contribution in [2.75, 3.05) is 13.7 Å². The molecule has 0 unspecified atom stereocenters. The first-order valence-corrected chi connectivity index (χ1v) is 9.12. The van der Waals surface area contributed by atoms with Crippen LogP contribution in [0.3, 0.4) is 0 Å². The summed E-state index contributed by atoms with van der Waals surface area (Å²) >= 11 is 0. The van der Waals surface area contributed by atoms with Gasteiger partial charge in [0.1, 0.15) is 0 Å². The molecular formula is C18H37NO2. The maximum Gasteiger partial charge on any atom is 0.219 e. The van der Waals surface area contributed by atoms with Crippen LogP contribution in [0.15, 0.2) is 0 Å². The van der Waals surface area contributed by atoms with Crippen molar-refractivity contribution in [1.29, 1.82) is 0 Å². The van der Waals surface area contributed by atoms with Crippen LogP contribution in [-0.2, 0) is 4.79 Å². The van der Waals surface area contributed by atoms with Gasteiger partial charge in [0.05, 0.1) is 0 Å². The highest BCUT2D eigenvalue weighted by Gasteiger charge is 1.97. The van der Waals surface area contributed by atoms with Gasteiger partial charge in [0.25, 0.3) is 0 Å². The van der Waals surface area contributed by atoms with E-state index < -0.39 is 0 Å². The monoisotopic (exact) mass is 299 g/mol. The Labute approximate surface area is 131 Å². The predicted octanol–water partition coefficient (Wildman–Crippen LogP) is 4.58. The van der Waals surface area contributed by atoms with Gasteiger partial charge in [-0.15, -0.1) is 0 Å². The molecular weight excluding hydrogens is 262 g/mol. The van der Waals surface area contributed by atoms with Crippen LogP contribution < -0.4 is 5.32 Å². The molecule has 126 valence electrons. The highest BCUT2D eigenvalue weighted by molar-refractivity contribution is 5.75. The predicted molar refractivity (Wildman–Crippen MR) is 90.4 cm³/mol. The van der Waals surface area contributed by atoms with E-state index in [9.17, 15) is 4.79 Å². The number of aliphatic hydroxyl groups excluding tert-OH is 1. The molecule has 0 atom stereocenters. The molecule has 0 saturated carbocycles. The number of unbranched alkanes of at least 4 members (excludes halogenated alkanes) is 13. The minimum Gasteiger partial charge on any atom is -0.396 e. The first-order chi connectivity index (χ1) is 10.3. The third kappa shape index (κ3) is 17.4. The van der Waals surface area contributed by atoms with E-state index in [4.69, 9.17) is 5.11 Å². The van der Waals surface area contributed by atoms with Crippen molar-refractivity contribution in [3.8, 4) is 0 Å². The number of carbonyl (C=O) groups is 1. The molecule has 0 aromatic carbocycles. The van der Waals surface area contributed by atoms with E-state index in [1.807, 2.05) is 0 Å². The molecule has 21 heavy (non-hydrogen) atoms. The molecule has 0 aliphatic rings. The lowest BCUT2D eigenvalue weighted by Crippen LogP contribution is -2.16. The van der Waals surface area contributed by atoms with E-state index in [2.05, 4.69) is 5.32 Å². The maximum absolute atomic E-state index is 11.0. The van der Waals surface area contributed by atoms with Gasteiger partial charge in [-0.2, -0.15) is 0 Å². The summed E-state index contributed by atoms with van der Waals surface area (Å²) in [6.07, 6.45) is 18.6. The first-order valence-electron chi connectivity index (χ1n) is 9.12. The Morgan fingerprint density at radius 3 is 1.33 bits per heavy atom. The summed E-state index contributed by atoms with van der Waals surface area (Å²) in [7, 11) is 1.71.